The number of aromatic hydroxyl groups is 1. The maximum atomic E-state index is 12.9. The van der Waals surface area contributed by atoms with E-state index >= 15 is 0 Å². The summed E-state index contributed by atoms with van der Waals surface area (Å²) < 4.78 is 6.16. The molecular weight excluding hydrogens is 367 g/mol. The van der Waals surface area contributed by atoms with E-state index in [1.807, 2.05) is 0 Å². The predicted molar refractivity (Wildman–Crippen MR) is 93.9 cm³/mol. The van der Waals surface area contributed by atoms with Gasteiger partial charge in [0.15, 0.2) is 11.5 Å². The summed E-state index contributed by atoms with van der Waals surface area (Å²) in [5.41, 5.74) is -0.868. The lowest BCUT2D eigenvalue weighted by atomic mass is 9.97. The van der Waals surface area contributed by atoms with Crippen molar-refractivity contribution < 1.29 is 14.6 Å². The molecule has 1 aromatic carbocycles. The van der Waals surface area contributed by atoms with Crippen molar-refractivity contribution in [3.05, 3.63) is 54.8 Å². The van der Waals surface area contributed by atoms with E-state index in [2.05, 4.69) is 0 Å². The molecule has 0 fully saturated rings. The van der Waals surface area contributed by atoms with Crippen molar-refractivity contribution in [3.8, 4) is 17.7 Å². The molecule has 2 rings (SSSR count). The van der Waals surface area contributed by atoms with Gasteiger partial charge in [0.25, 0.3) is 5.56 Å². The highest BCUT2D eigenvalue weighted by molar-refractivity contribution is 6.38. The molecule has 0 bridgehead atoms. The average Bonchev–Trinajstić information content (AvgIpc) is 2.56. The molecule has 0 aliphatic carbocycles. The third kappa shape index (κ3) is 3.21. The third-order valence-corrected chi connectivity index (χ3v) is 4.26. The maximum Gasteiger partial charge on any atom is 0.271 e. The molecule has 0 radical (unpaired) electrons. The Morgan fingerprint density at radius 2 is 1.92 bits per heavy atom. The van der Waals surface area contributed by atoms with Crippen LogP contribution < -0.4 is 10.3 Å². The van der Waals surface area contributed by atoms with Gasteiger partial charge in [-0.1, -0.05) is 23.2 Å². The van der Waals surface area contributed by atoms with Crippen LogP contribution in [0.15, 0.2) is 16.9 Å². The van der Waals surface area contributed by atoms with E-state index in [1.54, 1.807) is 13.0 Å². The number of benzene rings is 1. The molecule has 0 unspecified atom stereocenters. The number of carbonyl (C=O) groups excluding carboxylic acids is 1. The molecule has 0 aliphatic rings. The Morgan fingerprint density at radius 1 is 1.36 bits per heavy atom. The monoisotopic (exact) mass is 380 g/mol. The Kier molecular flexibility index (Phi) is 5.41. The van der Waals surface area contributed by atoms with Crippen LogP contribution in [0.5, 0.6) is 11.6 Å². The van der Waals surface area contributed by atoms with Gasteiger partial charge < -0.3 is 9.84 Å². The highest BCUT2D eigenvalue weighted by atomic mass is 35.5. The van der Waals surface area contributed by atoms with Crippen molar-refractivity contribution in [2.45, 2.75) is 13.8 Å². The van der Waals surface area contributed by atoms with Gasteiger partial charge in [-0.05, 0) is 31.5 Å². The summed E-state index contributed by atoms with van der Waals surface area (Å²) in [4.78, 5) is 24.8. The molecule has 0 saturated heterocycles. The fourth-order valence-corrected chi connectivity index (χ4v) is 3.00. The van der Waals surface area contributed by atoms with Gasteiger partial charge >= 0.3 is 0 Å². The lowest BCUT2D eigenvalue weighted by Gasteiger charge is -2.14. The molecule has 0 amide bonds. The van der Waals surface area contributed by atoms with Crippen molar-refractivity contribution in [1.29, 1.82) is 5.26 Å². The number of ether oxygens (including phenoxy) is 1. The van der Waals surface area contributed by atoms with Gasteiger partial charge in [-0.15, -0.1) is 0 Å². The molecule has 2 aromatic rings. The molecule has 6 nitrogen and oxygen atoms in total. The van der Waals surface area contributed by atoms with E-state index in [4.69, 9.17) is 33.2 Å². The second kappa shape index (κ2) is 7.18. The highest BCUT2D eigenvalue weighted by Gasteiger charge is 2.25. The van der Waals surface area contributed by atoms with Gasteiger partial charge in [0.05, 0.1) is 22.2 Å². The second-order valence-corrected chi connectivity index (χ2v) is 6.02. The number of hydrogen-bond acceptors (Lipinski definition) is 5. The average molecular weight is 381 g/mol. The smallest absolute Gasteiger partial charge is 0.271 e. The number of nitrogens with zero attached hydrogens (tertiary/aromatic N) is 2. The molecule has 1 N–H and O–H groups in total. The standard InChI is InChI=1S/C17H14Cl2N2O4/c1-4-25-15-11(18)5-9(6-12(15)19)14(22)13-8(2)10(7-20)16(23)21(3)17(13)24/h5-6,24H,4H2,1-3H3. The summed E-state index contributed by atoms with van der Waals surface area (Å²) in [7, 11) is 1.27. The number of halogens is 2. The lowest BCUT2D eigenvalue weighted by molar-refractivity contribution is 0.103. The van der Waals surface area contributed by atoms with Crippen LogP contribution in [0, 0.1) is 18.3 Å². The van der Waals surface area contributed by atoms with Gasteiger partial charge in [-0.25, -0.2) is 0 Å². The minimum Gasteiger partial charge on any atom is -0.494 e. The van der Waals surface area contributed by atoms with Gasteiger partial charge in [-0.2, -0.15) is 5.26 Å². The zero-order valence-electron chi connectivity index (χ0n) is 13.7. The lowest BCUT2D eigenvalue weighted by Crippen LogP contribution is -2.24. The van der Waals surface area contributed by atoms with Crippen LogP contribution in [-0.4, -0.2) is 22.1 Å². The molecule has 25 heavy (non-hydrogen) atoms. The summed E-state index contributed by atoms with van der Waals surface area (Å²) >= 11 is 12.2. The van der Waals surface area contributed by atoms with Crippen molar-refractivity contribution in [2.24, 2.45) is 7.05 Å². The first kappa shape index (κ1) is 18.8. The van der Waals surface area contributed by atoms with Gasteiger partial charge in [0.2, 0.25) is 5.88 Å². The van der Waals surface area contributed by atoms with E-state index in [0.717, 1.165) is 4.57 Å². The fourth-order valence-electron chi connectivity index (χ4n) is 2.41. The molecule has 1 heterocycles. The molecule has 130 valence electrons. The summed E-state index contributed by atoms with van der Waals surface area (Å²) in [5, 5.41) is 19.7. The van der Waals surface area contributed by atoms with Crippen LogP contribution in [0.25, 0.3) is 0 Å². The number of hydrogen-bond donors (Lipinski definition) is 1. The van der Waals surface area contributed by atoms with Gasteiger partial charge in [-0.3, -0.25) is 14.2 Å². The molecule has 1 aromatic heterocycles. The summed E-state index contributed by atoms with van der Waals surface area (Å²) in [6.07, 6.45) is 0. The number of nitriles is 1. The first-order chi connectivity index (χ1) is 11.7. The first-order valence-electron chi connectivity index (χ1n) is 7.23. The normalized spacial score (nSPS) is 10.4. The molecule has 0 saturated carbocycles. The van der Waals surface area contributed by atoms with Gasteiger partial charge in [0.1, 0.15) is 11.6 Å². The van der Waals surface area contributed by atoms with E-state index < -0.39 is 17.2 Å². The van der Waals surface area contributed by atoms with Crippen LogP contribution in [0.3, 0.4) is 0 Å². The van der Waals surface area contributed by atoms with Crippen LogP contribution >= 0.6 is 23.2 Å². The number of ketones is 1. The fraction of sp³-hybridized carbons (Fsp3) is 0.235. The van der Waals surface area contributed by atoms with Crippen molar-refractivity contribution in [2.75, 3.05) is 6.61 Å². The van der Waals surface area contributed by atoms with E-state index in [1.165, 1.54) is 26.1 Å². The van der Waals surface area contributed by atoms with Crippen LogP contribution in [0.4, 0.5) is 0 Å². The zero-order chi connectivity index (χ0) is 18.9. The zero-order valence-corrected chi connectivity index (χ0v) is 15.2. The van der Waals surface area contributed by atoms with Crippen LogP contribution in [-0.2, 0) is 7.05 Å². The minimum atomic E-state index is -0.684. The summed E-state index contributed by atoms with van der Waals surface area (Å²) in [6, 6.07) is 4.47. The second-order valence-electron chi connectivity index (χ2n) is 5.21. The summed E-state index contributed by atoms with van der Waals surface area (Å²) in [5.74, 6) is -0.900. The van der Waals surface area contributed by atoms with E-state index in [-0.39, 0.29) is 38.0 Å². The Hall–Kier alpha value is -2.49. The number of pyridine rings is 1. The Morgan fingerprint density at radius 3 is 2.40 bits per heavy atom. The topological polar surface area (TPSA) is 92.3 Å². The Labute approximate surface area is 153 Å². The predicted octanol–water partition coefficient (Wildman–Crippen LogP) is 3.21. The molecule has 0 atom stereocenters. The molecule has 8 heteroatoms. The molecular formula is C17H14Cl2N2O4. The first-order valence-corrected chi connectivity index (χ1v) is 7.99. The van der Waals surface area contributed by atoms with Crippen LogP contribution in [0.1, 0.15) is 34.0 Å². The number of carbonyl (C=O) groups is 1. The highest BCUT2D eigenvalue weighted by Crippen LogP contribution is 2.35. The third-order valence-electron chi connectivity index (χ3n) is 3.70. The van der Waals surface area contributed by atoms with Crippen molar-refractivity contribution >= 4 is 29.0 Å². The van der Waals surface area contributed by atoms with E-state index in [9.17, 15) is 14.7 Å². The largest absolute Gasteiger partial charge is 0.494 e. The molecule has 0 aliphatic heterocycles. The van der Waals surface area contributed by atoms with Crippen molar-refractivity contribution in [1.82, 2.24) is 4.57 Å². The maximum absolute atomic E-state index is 12.9. The number of rotatable bonds is 4. The van der Waals surface area contributed by atoms with Gasteiger partial charge in [0, 0.05) is 12.6 Å². The number of aromatic nitrogens is 1. The Balaban J connectivity index is 2.70. The molecule has 0 spiro atoms. The Bertz CT molecular complexity index is 951. The van der Waals surface area contributed by atoms with Crippen molar-refractivity contribution in [3.63, 3.8) is 0 Å². The summed E-state index contributed by atoms with van der Waals surface area (Å²) in [6.45, 7) is 3.53. The SMILES string of the molecule is CCOc1c(Cl)cc(C(=O)c2c(C)c(C#N)c(=O)n(C)c2O)cc1Cl. The van der Waals surface area contributed by atoms with E-state index in [0.29, 0.717) is 6.61 Å². The quantitative estimate of drug-likeness (QED) is 0.821. The van der Waals surface area contributed by atoms with Crippen LogP contribution in [0.2, 0.25) is 10.0 Å². The minimum absolute atomic E-state index is 0.0919.